The highest BCUT2D eigenvalue weighted by atomic mass is 32.2. The Labute approximate surface area is 167 Å². The van der Waals surface area contributed by atoms with Crippen molar-refractivity contribution >= 4 is 33.5 Å². The average molecular weight is 422 g/mol. The number of hydrogen-bond donors (Lipinski definition) is 2. The number of rotatable bonds is 5. The summed E-state index contributed by atoms with van der Waals surface area (Å²) in [5, 5.41) is 15.8. The molecule has 2 N–H and O–H groups in total. The van der Waals surface area contributed by atoms with E-state index >= 15 is 0 Å². The molecule has 0 spiro atoms. The first-order valence-corrected chi connectivity index (χ1v) is 11.1. The Morgan fingerprint density at radius 2 is 2.14 bits per heavy atom. The van der Waals surface area contributed by atoms with Gasteiger partial charge in [0.2, 0.25) is 5.95 Å². The van der Waals surface area contributed by atoms with E-state index in [1.807, 2.05) is 11.8 Å². The van der Waals surface area contributed by atoms with Crippen LogP contribution in [0, 0.1) is 0 Å². The first-order valence-electron chi connectivity index (χ1n) is 9.19. The summed E-state index contributed by atoms with van der Waals surface area (Å²) < 4.78 is 30.1. The van der Waals surface area contributed by atoms with E-state index in [2.05, 4.69) is 20.4 Å². The van der Waals surface area contributed by atoms with Crippen molar-refractivity contribution in [1.29, 1.82) is 0 Å². The Balaban J connectivity index is 1.78. The van der Waals surface area contributed by atoms with E-state index in [-0.39, 0.29) is 17.8 Å². The summed E-state index contributed by atoms with van der Waals surface area (Å²) in [4.78, 5) is 22.3. The molecule has 12 heteroatoms. The van der Waals surface area contributed by atoms with Gasteiger partial charge in [-0.1, -0.05) is 0 Å². The Hall–Kier alpha value is -2.73. The summed E-state index contributed by atoms with van der Waals surface area (Å²) in [6.45, 7) is 3.67. The molecule has 1 aliphatic carbocycles. The number of carboxylic acid groups (broad SMARTS) is 1. The second kappa shape index (κ2) is 6.95. The number of ether oxygens (including phenoxy) is 1. The van der Waals surface area contributed by atoms with E-state index in [1.54, 1.807) is 6.07 Å². The fourth-order valence-corrected chi connectivity index (χ4v) is 4.86. The molecule has 0 aromatic carbocycles. The van der Waals surface area contributed by atoms with Gasteiger partial charge in [0.1, 0.15) is 16.4 Å². The highest BCUT2D eigenvalue weighted by Crippen LogP contribution is 2.52. The second-order valence-electron chi connectivity index (χ2n) is 7.35. The number of anilines is 3. The minimum atomic E-state index is -3.38. The van der Waals surface area contributed by atoms with Crippen LogP contribution >= 0.6 is 0 Å². The number of carbonyl (C=O) groups is 1. The topological polar surface area (TPSA) is 140 Å². The molecule has 2 fully saturated rings. The normalized spacial score (nSPS) is 21.0. The summed E-state index contributed by atoms with van der Waals surface area (Å²) in [5.74, 6) is 0.860. The Morgan fingerprint density at radius 1 is 1.38 bits per heavy atom. The first kappa shape index (κ1) is 19.6. The predicted octanol–water partition coefficient (Wildman–Crippen LogP) is 1.20. The van der Waals surface area contributed by atoms with Crippen LogP contribution in [-0.4, -0.2) is 71.4 Å². The molecule has 3 heterocycles. The van der Waals surface area contributed by atoms with Gasteiger partial charge in [0.05, 0.1) is 31.1 Å². The van der Waals surface area contributed by atoms with E-state index in [4.69, 9.17) is 4.74 Å². The molecular formula is C17H22N6O5S. The third-order valence-electron chi connectivity index (χ3n) is 5.32. The minimum absolute atomic E-state index is 0.0530. The summed E-state index contributed by atoms with van der Waals surface area (Å²) in [6, 6.07) is 3.25. The number of nitrogens with one attached hydrogen (secondary N) is 1. The highest BCUT2D eigenvalue weighted by molar-refractivity contribution is 7.91. The van der Waals surface area contributed by atoms with Crippen molar-refractivity contribution in [2.45, 2.75) is 30.6 Å². The quantitative estimate of drug-likeness (QED) is 0.722. The van der Waals surface area contributed by atoms with Crippen LogP contribution in [0.1, 0.15) is 25.5 Å². The maximum absolute atomic E-state index is 12.4. The molecule has 2 aromatic heterocycles. The molecule has 4 rings (SSSR count). The zero-order chi connectivity index (χ0) is 20.8. The molecule has 0 radical (unpaired) electrons. The van der Waals surface area contributed by atoms with E-state index in [0.29, 0.717) is 44.1 Å². The third kappa shape index (κ3) is 3.53. The molecule has 156 valence electrons. The van der Waals surface area contributed by atoms with E-state index in [1.165, 1.54) is 18.5 Å². The smallest absolute Gasteiger partial charge is 0.434 e. The second-order valence-corrected chi connectivity index (χ2v) is 9.68. The maximum atomic E-state index is 12.4. The monoisotopic (exact) mass is 422 g/mol. The van der Waals surface area contributed by atoms with Crippen LogP contribution in [0.2, 0.25) is 0 Å². The van der Waals surface area contributed by atoms with Crippen molar-refractivity contribution in [3.8, 4) is 0 Å². The largest absolute Gasteiger partial charge is 0.463 e. The van der Waals surface area contributed by atoms with Crippen LogP contribution in [0.3, 0.4) is 0 Å². The summed E-state index contributed by atoms with van der Waals surface area (Å²) >= 11 is 0. The molecule has 2 aromatic rings. The summed E-state index contributed by atoms with van der Waals surface area (Å²) in [6.07, 6.45) is 2.28. The summed E-state index contributed by atoms with van der Waals surface area (Å²) in [5.41, 5.74) is 0.410. The molecule has 1 atom stereocenters. The van der Waals surface area contributed by atoms with Crippen LogP contribution in [0.4, 0.5) is 22.4 Å². The van der Waals surface area contributed by atoms with Crippen LogP contribution in [-0.2, 0) is 19.3 Å². The van der Waals surface area contributed by atoms with Crippen LogP contribution in [0.25, 0.3) is 0 Å². The molecule has 11 nitrogen and oxygen atoms in total. The van der Waals surface area contributed by atoms with Gasteiger partial charge in [0.25, 0.3) is 0 Å². The Morgan fingerprint density at radius 3 is 2.76 bits per heavy atom. The first-order chi connectivity index (χ1) is 13.7. The molecule has 2 aliphatic rings. The number of hydrogen-bond acceptors (Lipinski definition) is 9. The van der Waals surface area contributed by atoms with Crippen LogP contribution < -0.4 is 10.2 Å². The van der Waals surface area contributed by atoms with Gasteiger partial charge in [-0.15, -0.1) is 4.68 Å². The molecular weight excluding hydrogens is 400 g/mol. The lowest BCUT2D eigenvalue weighted by molar-refractivity contribution is 0.0985. The van der Waals surface area contributed by atoms with Crippen molar-refractivity contribution < 1.29 is 23.1 Å². The van der Waals surface area contributed by atoms with Crippen molar-refractivity contribution in [3.05, 3.63) is 24.0 Å². The summed E-state index contributed by atoms with van der Waals surface area (Å²) in [7, 11) is -3.38. The standard InChI is InChI=1S/C17H22N6O5S/c1-11-10-28-8-7-22(11)14-9-12(17(4-5-17)29(2,26)27)19-15(21-14)20-13-3-6-18-23(13)16(24)25/h3,6,9,11H,4-5,7-8,10H2,1-2H3,(H,24,25)(H,19,20,21)/t11-/m1/s1. The van der Waals surface area contributed by atoms with E-state index in [9.17, 15) is 18.3 Å². The zero-order valence-corrected chi connectivity index (χ0v) is 16.9. The van der Waals surface area contributed by atoms with Gasteiger partial charge in [0.15, 0.2) is 9.84 Å². The lowest BCUT2D eigenvalue weighted by Gasteiger charge is -2.34. The van der Waals surface area contributed by atoms with Crippen molar-refractivity contribution in [3.63, 3.8) is 0 Å². The molecule has 1 aliphatic heterocycles. The lowest BCUT2D eigenvalue weighted by atomic mass is 10.2. The number of sulfone groups is 1. The van der Waals surface area contributed by atoms with Gasteiger partial charge in [0, 0.05) is 24.9 Å². The van der Waals surface area contributed by atoms with Gasteiger partial charge in [-0.05, 0) is 19.8 Å². The van der Waals surface area contributed by atoms with Crippen molar-refractivity contribution in [1.82, 2.24) is 19.7 Å². The maximum Gasteiger partial charge on any atom is 0.434 e. The van der Waals surface area contributed by atoms with Gasteiger partial charge in [-0.25, -0.2) is 18.2 Å². The molecule has 1 saturated heterocycles. The molecule has 0 amide bonds. The predicted molar refractivity (Wildman–Crippen MR) is 104 cm³/mol. The van der Waals surface area contributed by atoms with Crippen molar-refractivity contribution in [2.75, 3.05) is 36.2 Å². The van der Waals surface area contributed by atoms with Gasteiger partial charge >= 0.3 is 6.09 Å². The number of aromatic nitrogens is 4. The fourth-order valence-electron chi connectivity index (χ4n) is 3.53. The van der Waals surface area contributed by atoms with Crippen molar-refractivity contribution in [2.24, 2.45) is 0 Å². The van der Waals surface area contributed by atoms with Gasteiger partial charge in [-0.2, -0.15) is 10.1 Å². The number of nitrogens with zero attached hydrogens (tertiary/aromatic N) is 5. The van der Waals surface area contributed by atoms with E-state index < -0.39 is 20.7 Å². The van der Waals surface area contributed by atoms with Crippen LogP contribution in [0.15, 0.2) is 18.3 Å². The molecule has 1 saturated carbocycles. The number of morpholine rings is 1. The molecule has 29 heavy (non-hydrogen) atoms. The lowest BCUT2D eigenvalue weighted by Crippen LogP contribution is -2.44. The van der Waals surface area contributed by atoms with E-state index in [0.717, 1.165) is 4.68 Å². The van der Waals surface area contributed by atoms with Crippen LogP contribution in [0.5, 0.6) is 0 Å². The zero-order valence-electron chi connectivity index (χ0n) is 16.1. The average Bonchev–Trinajstić information content (AvgIpc) is 3.36. The fraction of sp³-hybridized carbons (Fsp3) is 0.529. The third-order valence-corrected chi connectivity index (χ3v) is 7.36. The molecule has 0 unspecified atom stereocenters. The molecule has 0 bridgehead atoms. The van der Waals surface area contributed by atoms with Gasteiger partial charge < -0.3 is 20.1 Å². The Bertz CT molecular complexity index is 1050. The highest BCUT2D eigenvalue weighted by Gasteiger charge is 2.55. The minimum Gasteiger partial charge on any atom is -0.463 e. The van der Waals surface area contributed by atoms with Gasteiger partial charge in [-0.3, -0.25) is 0 Å². The Kier molecular flexibility index (Phi) is 4.69. The SMILES string of the molecule is C[C@@H]1COCCN1c1cc(C2(S(C)(=O)=O)CC2)nc(Nc2ccnn2C(=O)O)n1.